The number of methoxy groups -OCH3 is 1. The molecule has 4 rings (SSSR count). The van der Waals surface area contributed by atoms with Crippen LogP contribution in [0.5, 0.6) is 16.7 Å². The molecule has 1 aromatic heterocycles. The maximum absolute atomic E-state index is 11.5. The molecule has 132 valence electrons. The van der Waals surface area contributed by atoms with E-state index in [1.807, 2.05) is 36.4 Å². The highest BCUT2D eigenvalue weighted by molar-refractivity contribution is 7.15. The molecule has 6 heteroatoms. The standard InChI is InChI=1S/C20H17NO4S/c1-23-19(22)18-12-21-20(26-18)24-15-8-10-17-14(11-15)7-9-16(25-17)13-5-3-2-4-6-13/h2-6,8,10-12,16H,7,9H2,1H3. The fourth-order valence-electron chi connectivity index (χ4n) is 2.93. The third-order valence-electron chi connectivity index (χ3n) is 4.22. The molecule has 0 fully saturated rings. The quantitative estimate of drug-likeness (QED) is 0.621. The van der Waals surface area contributed by atoms with Gasteiger partial charge in [0.05, 0.1) is 13.3 Å². The first-order chi connectivity index (χ1) is 12.7. The van der Waals surface area contributed by atoms with E-state index in [9.17, 15) is 4.79 Å². The number of fused-ring (bicyclic) bond motifs is 1. The van der Waals surface area contributed by atoms with Gasteiger partial charge >= 0.3 is 5.97 Å². The summed E-state index contributed by atoms with van der Waals surface area (Å²) in [5, 5.41) is 0.407. The van der Waals surface area contributed by atoms with Crippen molar-refractivity contribution in [3.63, 3.8) is 0 Å². The van der Waals surface area contributed by atoms with Crippen molar-refractivity contribution in [1.29, 1.82) is 0 Å². The van der Waals surface area contributed by atoms with Crippen molar-refractivity contribution in [1.82, 2.24) is 4.98 Å². The van der Waals surface area contributed by atoms with Crippen LogP contribution in [0.1, 0.15) is 33.3 Å². The highest BCUT2D eigenvalue weighted by atomic mass is 32.1. The lowest BCUT2D eigenvalue weighted by Crippen LogP contribution is -2.15. The van der Waals surface area contributed by atoms with Gasteiger partial charge in [0.1, 0.15) is 22.5 Å². The summed E-state index contributed by atoms with van der Waals surface area (Å²) in [6, 6.07) is 16.0. The number of carbonyl (C=O) groups is 1. The number of aromatic nitrogens is 1. The predicted octanol–water partition coefficient (Wildman–Crippen LogP) is 4.79. The summed E-state index contributed by atoms with van der Waals surface area (Å²) in [7, 11) is 1.34. The molecule has 2 aromatic carbocycles. The molecule has 3 aromatic rings. The van der Waals surface area contributed by atoms with Crippen molar-refractivity contribution in [2.24, 2.45) is 0 Å². The van der Waals surface area contributed by atoms with E-state index in [0.29, 0.717) is 15.8 Å². The number of hydrogen-bond donors (Lipinski definition) is 0. The second-order valence-electron chi connectivity index (χ2n) is 5.91. The Balaban J connectivity index is 1.48. The van der Waals surface area contributed by atoms with Crippen LogP contribution in [0.25, 0.3) is 0 Å². The number of thiazole rings is 1. The third kappa shape index (κ3) is 3.41. The number of hydrogen-bond acceptors (Lipinski definition) is 6. The summed E-state index contributed by atoms with van der Waals surface area (Å²) < 4.78 is 16.6. The minimum Gasteiger partial charge on any atom is -0.485 e. The Kier molecular flexibility index (Phi) is 4.58. The SMILES string of the molecule is COC(=O)c1cnc(Oc2ccc3c(c2)CCC(c2ccccc2)O3)s1. The van der Waals surface area contributed by atoms with Gasteiger partial charge in [-0.3, -0.25) is 0 Å². The summed E-state index contributed by atoms with van der Waals surface area (Å²) >= 11 is 1.16. The van der Waals surface area contributed by atoms with Gasteiger partial charge < -0.3 is 14.2 Å². The van der Waals surface area contributed by atoms with Crippen LogP contribution in [0.4, 0.5) is 0 Å². The Bertz CT molecular complexity index is 923. The molecule has 1 unspecified atom stereocenters. The Morgan fingerprint density at radius 3 is 2.88 bits per heavy atom. The van der Waals surface area contributed by atoms with Crippen molar-refractivity contribution in [2.45, 2.75) is 18.9 Å². The molecule has 0 saturated carbocycles. The molecule has 26 heavy (non-hydrogen) atoms. The molecule has 1 atom stereocenters. The molecule has 0 radical (unpaired) electrons. The molecule has 0 N–H and O–H groups in total. The van der Waals surface area contributed by atoms with Crippen molar-refractivity contribution < 1.29 is 19.0 Å². The zero-order valence-corrected chi connectivity index (χ0v) is 15.0. The summed E-state index contributed by atoms with van der Waals surface area (Å²) in [5.41, 5.74) is 2.30. The zero-order valence-electron chi connectivity index (χ0n) is 14.2. The van der Waals surface area contributed by atoms with E-state index in [0.717, 1.165) is 35.5 Å². The van der Waals surface area contributed by atoms with E-state index in [-0.39, 0.29) is 6.10 Å². The molecule has 0 amide bonds. The number of ether oxygens (including phenoxy) is 3. The minimum atomic E-state index is -0.414. The first-order valence-corrected chi connectivity index (χ1v) is 9.11. The number of benzene rings is 2. The summed E-state index contributed by atoms with van der Waals surface area (Å²) in [5.74, 6) is 1.14. The average molecular weight is 367 g/mol. The van der Waals surface area contributed by atoms with Gasteiger partial charge in [0, 0.05) is 0 Å². The van der Waals surface area contributed by atoms with Crippen LogP contribution in [0.2, 0.25) is 0 Å². The van der Waals surface area contributed by atoms with Gasteiger partial charge in [-0.25, -0.2) is 9.78 Å². The number of nitrogens with zero attached hydrogens (tertiary/aromatic N) is 1. The molecular weight excluding hydrogens is 350 g/mol. The van der Waals surface area contributed by atoms with Crippen LogP contribution in [0, 0.1) is 0 Å². The van der Waals surface area contributed by atoms with Gasteiger partial charge in [-0.05, 0) is 42.2 Å². The van der Waals surface area contributed by atoms with Gasteiger partial charge in [-0.15, -0.1) is 0 Å². The maximum atomic E-state index is 11.5. The predicted molar refractivity (Wildman–Crippen MR) is 98.1 cm³/mol. The van der Waals surface area contributed by atoms with Gasteiger partial charge in [0.25, 0.3) is 5.19 Å². The van der Waals surface area contributed by atoms with E-state index in [1.165, 1.54) is 18.9 Å². The lowest BCUT2D eigenvalue weighted by atomic mass is 9.97. The topological polar surface area (TPSA) is 57.7 Å². The summed E-state index contributed by atoms with van der Waals surface area (Å²) in [4.78, 5) is 16.0. The van der Waals surface area contributed by atoms with Crippen LogP contribution in [0.3, 0.4) is 0 Å². The summed E-state index contributed by atoms with van der Waals surface area (Å²) in [6.07, 6.45) is 3.37. The molecule has 5 nitrogen and oxygen atoms in total. The van der Waals surface area contributed by atoms with Crippen molar-refractivity contribution >= 4 is 17.3 Å². The minimum absolute atomic E-state index is 0.0806. The van der Waals surface area contributed by atoms with Gasteiger partial charge in [-0.2, -0.15) is 0 Å². The highest BCUT2D eigenvalue weighted by Gasteiger charge is 2.22. The number of carbonyl (C=O) groups excluding carboxylic acids is 1. The molecule has 0 saturated heterocycles. The maximum Gasteiger partial charge on any atom is 0.349 e. The van der Waals surface area contributed by atoms with E-state index in [1.54, 1.807) is 0 Å². The smallest absolute Gasteiger partial charge is 0.349 e. The number of esters is 1. The summed E-state index contributed by atoms with van der Waals surface area (Å²) in [6.45, 7) is 0. The molecule has 1 aliphatic rings. The van der Waals surface area contributed by atoms with Crippen molar-refractivity contribution in [3.8, 4) is 16.7 Å². The average Bonchev–Trinajstić information content (AvgIpc) is 3.16. The van der Waals surface area contributed by atoms with Crippen LogP contribution < -0.4 is 9.47 Å². The zero-order chi connectivity index (χ0) is 17.9. The molecule has 1 aliphatic heterocycles. The van der Waals surface area contributed by atoms with E-state index in [4.69, 9.17) is 9.47 Å². The van der Waals surface area contributed by atoms with E-state index >= 15 is 0 Å². The second-order valence-corrected chi connectivity index (χ2v) is 6.90. The molecule has 2 heterocycles. The number of rotatable bonds is 4. The Hall–Kier alpha value is -2.86. The fourth-order valence-corrected chi connectivity index (χ4v) is 3.64. The lowest BCUT2D eigenvalue weighted by molar-refractivity contribution is 0.0606. The van der Waals surface area contributed by atoms with Gasteiger partial charge in [-0.1, -0.05) is 41.7 Å². The number of aryl methyl sites for hydroxylation is 1. The monoisotopic (exact) mass is 367 g/mol. The highest BCUT2D eigenvalue weighted by Crippen LogP contribution is 2.38. The fraction of sp³-hybridized carbons (Fsp3) is 0.200. The molecule has 0 spiro atoms. The lowest BCUT2D eigenvalue weighted by Gasteiger charge is -2.26. The van der Waals surface area contributed by atoms with Gasteiger partial charge in [0.15, 0.2) is 0 Å². The van der Waals surface area contributed by atoms with Gasteiger partial charge in [0.2, 0.25) is 0 Å². The van der Waals surface area contributed by atoms with Crippen molar-refractivity contribution in [2.75, 3.05) is 7.11 Å². The normalized spacial score (nSPS) is 15.7. The Labute approximate surface area is 155 Å². The second kappa shape index (κ2) is 7.17. The van der Waals surface area contributed by atoms with Crippen LogP contribution in [-0.4, -0.2) is 18.1 Å². The van der Waals surface area contributed by atoms with Crippen molar-refractivity contribution in [3.05, 3.63) is 70.7 Å². The largest absolute Gasteiger partial charge is 0.485 e. The molecule has 0 aliphatic carbocycles. The van der Waals surface area contributed by atoms with Crippen LogP contribution >= 0.6 is 11.3 Å². The first kappa shape index (κ1) is 16.6. The molecule has 0 bridgehead atoms. The Morgan fingerprint density at radius 2 is 2.08 bits per heavy atom. The van der Waals surface area contributed by atoms with E-state index < -0.39 is 5.97 Å². The third-order valence-corrected chi connectivity index (χ3v) is 5.08. The van der Waals surface area contributed by atoms with E-state index in [2.05, 4.69) is 21.9 Å². The van der Waals surface area contributed by atoms with Crippen LogP contribution in [0.15, 0.2) is 54.7 Å². The Morgan fingerprint density at radius 1 is 1.23 bits per heavy atom. The van der Waals surface area contributed by atoms with Crippen LogP contribution in [-0.2, 0) is 11.2 Å². The molecular formula is C20H17NO4S. The first-order valence-electron chi connectivity index (χ1n) is 8.29.